The molecule has 1 nitrogen and oxygen atoms in total. The van der Waals surface area contributed by atoms with E-state index in [1.807, 2.05) is 0 Å². The van der Waals surface area contributed by atoms with Crippen molar-refractivity contribution >= 4 is 0 Å². The predicted molar refractivity (Wildman–Crippen MR) is 87.9 cm³/mol. The topological polar surface area (TPSA) is 0 Å². The number of rotatable bonds is 5. The van der Waals surface area contributed by atoms with E-state index < -0.39 is 0 Å². The standard InChI is InChI=1S/C19H30N/c1-17(2)16-19(18-10-6-4-7-11-18)12-15-20(3)13-8-5-9-14-20/h4,6-7,10-11,16,19H,5,8-9,12-15H2,1-3H3/q+1. The van der Waals surface area contributed by atoms with Crippen molar-refractivity contribution in [2.45, 2.75) is 45.4 Å². The lowest BCUT2D eigenvalue weighted by molar-refractivity contribution is -0.914. The Bertz CT molecular complexity index is 422. The molecule has 1 atom stereocenters. The van der Waals surface area contributed by atoms with Crippen molar-refractivity contribution in [3.63, 3.8) is 0 Å². The van der Waals surface area contributed by atoms with Crippen molar-refractivity contribution in [3.05, 3.63) is 47.5 Å². The minimum Gasteiger partial charge on any atom is -0.326 e. The Morgan fingerprint density at radius 2 is 1.75 bits per heavy atom. The summed E-state index contributed by atoms with van der Waals surface area (Å²) in [5, 5.41) is 0. The van der Waals surface area contributed by atoms with Crippen molar-refractivity contribution in [2.24, 2.45) is 0 Å². The predicted octanol–water partition coefficient (Wildman–Crippen LogP) is 4.76. The molecule has 1 aliphatic heterocycles. The van der Waals surface area contributed by atoms with Gasteiger partial charge in [0.25, 0.3) is 0 Å². The van der Waals surface area contributed by atoms with Gasteiger partial charge in [-0.05, 0) is 38.7 Å². The summed E-state index contributed by atoms with van der Waals surface area (Å²) in [7, 11) is 2.45. The summed E-state index contributed by atoms with van der Waals surface area (Å²) in [5.74, 6) is 0.582. The lowest BCUT2D eigenvalue weighted by Gasteiger charge is -2.38. The van der Waals surface area contributed by atoms with Crippen LogP contribution in [0, 0.1) is 0 Å². The van der Waals surface area contributed by atoms with Crippen molar-refractivity contribution in [3.8, 4) is 0 Å². The molecule has 0 N–H and O–H groups in total. The van der Waals surface area contributed by atoms with E-state index in [2.05, 4.69) is 57.3 Å². The Hall–Kier alpha value is -1.08. The molecule has 1 heterocycles. The molecule has 0 amide bonds. The van der Waals surface area contributed by atoms with Crippen LogP contribution in [0.15, 0.2) is 42.0 Å². The van der Waals surface area contributed by atoms with Crippen molar-refractivity contribution in [1.82, 2.24) is 0 Å². The lowest BCUT2D eigenvalue weighted by atomic mass is 9.93. The van der Waals surface area contributed by atoms with Gasteiger partial charge in [-0.2, -0.15) is 0 Å². The SMILES string of the molecule is CC(C)=CC(CC[N+]1(C)CCCCC1)c1ccccc1. The van der Waals surface area contributed by atoms with E-state index in [1.165, 1.54) is 60.9 Å². The third-order valence-corrected chi connectivity index (χ3v) is 4.64. The second kappa shape index (κ2) is 7.08. The second-order valence-corrected chi connectivity index (χ2v) is 6.90. The Morgan fingerprint density at radius 1 is 1.10 bits per heavy atom. The van der Waals surface area contributed by atoms with Crippen LogP contribution in [0.2, 0.25) is 0 Å². The first-order valence-electron chi connectivity index (χ1n) is 8.13. The maximum absolute atomic E-state index is 2.45. The molecule has 1 aromatic rings. The molecule has 0 aromatic heterocycles. The molecule has 1 fully saturated rings. The number of hydrogen-bond donors (Lipinski definition) is 0. The molecule has 0 saturated carbocycles. The molecule has 110 valence electrons. The normalized spacial score (nSPS) is 19.4. The van der Waals surface area contributed by atoms with E-state index in [9.17, 15) is 0 Å². The summed E-state index contributed by atoms with van der Waals surface area (Å²) in [6.45, 7) is 8.48. The maximum atomic E-state index is 2.45. The summed E-state index contributed by atoms with van der Waals surface area (Å²) in [4.78, 5) is 0. The molecule has 1 unspecified atom stereocenters. The summed E-state index contributed by atoms with van der Waals surface area (Å²) in [5.41, 5.74) is 2.90. The quantitative estimate of drug-likeness (QED) is 0.535. The number of quaternary nitrogens is 1. The smallest absolute Gasteiger partial charge is 0.0793 e. The average molecular weight is 272 g/mol. The zero-order valence-corrected chi connectivity index (χ0v) is 13.4. The molecule has 0 radical (unpaired) electrons. The highest BCUT2D eigenvalue weighted by atomic mass is 15.3. The first-order valence-corrected chi connectivity index (χ1v) is 8.13. The van der Waals surface area contributed by atoms with Gasteiger partial charge in [-0.15, -0.1) is 0 Å². The fraction of sp³-hybridized carbons (Fsp3) is 0.579. The van der Waals surface area contributed by atoms with Crippen LogP contribution < -0.4 is 0 Å². The number of nitrogens with zero attached hydrogens (tertiary/aromatic N) is 1. The summed E-state index contributed by atoms with van der Waals surface area (Å²) < 4.78 is 1.28. The van der Waals surface area contributed by atoms with Crippen LogP contribution in [0.5, 0.6) is 0 Å². The zero-order valence-electron chi connectivity index (χ0n) is 13.4. The van der Waals surface area contributed by atoms with E-state index in [4.69, 9.17) is 0 Å². The van der Waals surface area contributed by atoms with Gasteiger partial charge in [0.1, 0.15) is 0 Å². The third-order valence-electron chi connectivity index (χ3n) is 4.64. The monoisotopic (exact) mass is 272 g/mol. The number of likely N-dealkylation sites (tertiary alicyclic amines) is 1. The molecule has 0 aliphatic carbocycles. The second-order valence-electron chi connectivity index (χ2n) is 6.90. The Morgan fingerprint density at radius 3 is 2.35 bits per heavy atom. The van der Waals surface area contributed by atoms with Gasteiger partial charge in [-0.3, -0.25) is 0 Å². The van der Waals surface area contributed by atoms with Gasteiger partial charge >= 0.3 is 0 Å². The molecule has 0 spiro atoms. The van der Waals surface area contributed by atoms with E-state index in [1.54, 1.807) is 0 Å². The largest absolute Gasteiger partial charge is 0.326 e. The summed E-state index contributed by atoms with van der Waals surface area (Å²) in [6.07, 6.45) is 7.98. The lowest BCUT2D eigenvalue weighted by Crippen LogP contribution is -2.48. The highest BCUT2D eigenvalue weighted by Crippen LogP contribution is 2.26. The molecule has 1 saturated heterocycles. The third kappa shape index (κ3) is 4.49. The average Bonchev–Trinajstić information content (AvgIpc) is 2.45. The van der Waals surface area contributed by atoms with Gasteiger partial charge < -0.3 is 4.48 Å². The van der Waals surface area contributed by atoms with Crippen LogP contribution in [0.4, 0.5) is 0 Å². The highest BCUT2D eigenvalue weighted by molar-refractivity contribution is 5.24. The van der Waals surface area contributed by atoms with Crippen LogP contribution in [0.1, 0.15) is 51.0 Å². The fourth-order valence-electron chi connectivity index (χ4n) is 3.40. The van der Waals surface area contributed by atoms with Crippen molar-refractivity contribution in [1.29, 1.82) is 0 Å². The van der Waals surface area contributed by atoms with E-state index in [0.717, 1.165) is 0 Å². The zero-order chi connectivity index (χ0) is 14.4. The molecule has 1 heteroatoms. The maximum Gasteiger partial charge on any atom is 0.0793 e. The van der Waals surface area contributed by atoms with Gasteiger partial charge in [0.05, 0.1) is 26.7 Å². The Kier molecular flexibility index (Phi) is 5.42. The minimum absolute atomic E-state index is 0.582. The molecule has 1 aliphatic rings. The fourth-order valence-corrected chi connectivity index (χ4v) is 3.40. The van der Waals surface area contributed by atoms with Gasteiger partial charge in [0.15, 0.2) is 0 Å². The van der Waals surface area contributed by atoms with Gasteiger partial charge in [0, 0.05) is 12.3 Å². The van der Waals surface area contributed by atoms with Crippen LogP contribution >= 0.6 is 0 Å². The highest BCUT2D eigenvalue weighted by Gasteiger charge is 2.25. The van der Waals surface area contributed by atoms with Crippen molar-refractivity contribution in [2.75, 3.05) is 26.7 Å². The molecular formula is C19H30N+. The first-order chi connectivity index (χ1) is 9.59. The molecular weight excluding hydrogens is 242 g/mol. The van der Waals surface area contributed by atoms with E-state index >= 15 is 0 Å². The number of allylic oxidation sites excluding steroid dienone is 2. The van der Waals surface area contributed by atoms with E-state index in [-0.39, 0.29) is 0 Å². The van der Waals surface area contributed by atoms with Crippen LogP contribution in [-0.4, -0.2) is 31.2 Å². The summed E-state index contributed by atoms with van der Waals surface area (Å²) in [6, 6.07) is 11.0. The molecule has 1 aromatic carbocycles. The van der Waals surface area contributed by atoms with Crippen molar-refractivity contribution < 1.29 is 4.48 Å². The van der Waals surface area contributed by atoms with Gasteiger partial charge in [-0.25, -0.2) is 0 Å². The molecule has 0 bridgehead atoms. The van der Waals surface area contributed by atoms with Gasteiger partial charge in [-0.1, -0.05) is 42.0 Å². The van der Waals surface area contributed by atoms with Crippen LogP contribution in [-0.2, 0) is 0 Å². The van der Waals surface area contributed by atoms with E-state index in [0.29, 0.717) is 5.92 Å². The Balaban J connectivity index is 2.03. The Labute approximate surface area is 124 Å². The molecule has 2 rings (SSSR count). The van der Waals surface area contributed by atoms with Crippen LogP contribution in [0.3, 0.4) is 0 Å². The number of benzene rings is 1. The van der Waals surface area contributed by atoms with Gasteiger partial charge in [0.2, 0.25) is 0 Å². The number of piperidine rings is 1. The number of hydrogen-bond acceptors (Lipinski definition) is 0. The summed E-state index contributed by atoms with van der Waals surface area (Å²) >= 11 is 0. The van der Waals surface area contributed by atoms with Crippen LogP contribution in [0.25, 0.3) is 0 Å². The minimum atomic E-state index is 0.582. The molecule has 20 heavy (non-hydrogen) atoms. The first kappa shape index (κ1) is 15.3.